The molecule has 0 aliphatic heterocycles. The van der Waals surface area contributed by atoms with Crippen LogP contribution in [0, 0.1) is 23.2 Å². The Bertz CT molecular complexity index is 201. The molecule has 1 spiro atoms. The summed E-state index contributed by atoms with van der Waals surface area (Å²) in [7, 11) is 0. The largest absolute Gasteiger partial charge is 0.396 e. The zero-order valence-corrected chi connectivity index (χ0v) is 7.63. The third-order valence-corrected chi connectivity index (χ3v) is 5.02. The molecule has 0 aromatic carbocycles. The summed E-state index contributed by atoms with van der Waals surface area (Å²) in [6.45, 7) is 0.457. The van der Waals surface area contributed by atoms with Crippen LogP contribution in [-0.4, -0.2) is 11.7 Å². The molecule has 0 heterocycles. The molecule has 1 heteroatoms. The fourth-order valence-electron chi connectivity index (χ4n) is 4.54. The SMILES string of the molecule is OC[C@@H]1C[C@]23CCC[C@H]2CC[C@H]13. The topological polar surface area (TPSA) is 20.2 Å². The highest BCUT2D eigenvalue weighted by Crippen LogP contribution is 2.69. The summed E-state index contributed by atoms with van der Waals surface area (Å²) in [5.74, 6) is 2.67. The van der Waals surface area contributed by atoms with Gasteiger partial charge in [-0.25, -0.2) is 0 Å². The summed E-state index contributed by atoms with van der Waals surface area (Å²) < 4.78 is 0. The first-order chi connectivity index (χ1) is 5.87. The zero-order valence-electron chi connectivity index (χ0n) is 7.63. The Morgan fingerprint density at radius 3 is 3.00 bits per heavy atom. The molecular weight excluding hydrogens is 148 g/mol. The fraction of sp³-hybridized carbons (Fsp3) is 1.00. The fourth-order valence-corrected chi connectivity index (χ4v) is 4.54. The number of aliphatic hydroxyl groups is 1. The van der Waals surface area contributed by atoms with E-state index >= 15 is 0 Å². The van der Waals surface area contributed by atoms with Crippen molar-refractivity contribution >= 4 is 0 Å². The van der Waals surface area contributed by atoms with E-state index in [1.54, 1.807) is 0 Å². The molecule has 0 radical (unpaired) electrons. The molecular formula is C11H18O. The molecule has 3 fully saturated rings. The molecule has 0 aromatic rings. The summed E-state index contributed by atoms with van der Waals surface area (Å²) in [5.41, 5.74) is 0.757. The normalized spacial score (nSPS) is 56.2. The van der Waals surface area contributed by atoms with Crippen LogP contribution in [0.4, 0.5) is 0 Å². The second-order valence-electron chi connectivity index (χ2n) is 5.15. The molecule has 0 amide bonds. The summed E-state index contributed by atoms with van der Waals surface area (Å²) in [4.78, 5) is 0. The van der Waals surface area contributed by atoms with Crippen LogP contribution in [0.3, 0.4) is 0 Å². The monoisotopic (exact) mass is 166 g/mol. The Hall–Kier alpha value is -0.0400. The van der Waals surface area contributed by atoms with Crippen molar-refractivity contribution < 1.29 is 5.11 Å². The van der Waals surface area contributed by atoms with Crippen molar-refractivity contribution in [2.45, 2.75) is 38.5 Å². The number of hydrogen-bond donors (Lipinski definition) is 1. The van der Waals surface area contributed by atoms with Gasteiger partial charge in [0.1, 0.15) is 0 Å². The quantitative estimate of drug-likeness (QED) is 0.633. The van der Waals surface area contributed by atoms with E-state index in [-0.39, 0.29) is 0 Å². The van der Waals surface area contributed by atoms with Crippen molar-refractivity contribution in [1.29, 1.82) is 0 Å². The lowest BCUT2D eigenvalue weighted by molar-refractivity contribution is -0.0578. The van der Waals surface area contributed by atoms with Crippen LogP contribution in [0.1, 0.15) is 38.5 Å². The highest BCUT2D eigenvalue weighted by atomic mass is 16.3. The van der Waals surface area contributed by atoms with Crippen LogP contribution < -0.4 is 0 Å². The van der Waals surface area contributed by atoms with Gasteiger partial charge in [0, 0.05) is 6.61 Å². The lowest BCUT2D eigenvalue weighted by Crippen LogP contribution is -2.47. The molecule has 3 saturated carbocycles. The average Bonchev–Trinajstić information content (AvgIpc) is 2.54. The summed E-state index contributed by atoms with van der Waals surface area (Å²) >= 11 is 0. The molecule has 0 unspecified atom stereocenters. The van der Waals surface area contributed by atoms with Crippen molar-refractivity contribution in [3.63, 3.8) is 0 Å². The maximum Gasteiger partial charge on any atom is 0.0462 e. The van der Waals surface area contributed by atoms with Gasteiger partial charge in [0.25, 0.3) is 0 Å². The Labute approximate surface area is 74.2 Å². The molecule has 0 aromatic heterocycles. The third kappa shape index (κ3) is 0.654. The molecule has 0 bridgehead atoms. The standard InChI is InChI=1S/C11H18O/c12-7-8-6-11-5-1-2-9(11)3-4-10(8)11/h8-10,12H,1-7H2/t8-,9-,10+,11+/m0/s1. The van der Waals surface area contributed by atoms with Crippen LogP contribution in [-0.2, 0) is 0 Å². The first-order valence-corrected chi connectivity index (χ1v) is 5.48. The van der Waals surface area contributed by atoms with Gasteiger partial charge in [0.2, 0.25) is 0 Å². The van der Waals surface area contributed by atoms with Gasteiger partial charge in [-0.2, -0.15) is 0 Å². The van der Waals surface area contributed by atoms with E-state index in [2.05, 4.69) is 0 Å². The van der Waals surface area contributed by atoms with E-state index in [9.17, 15) is 0 Å². The Morgan fingerprint density at radius 1 is 1.25 bits per heavy atom. The van der Waals surface area contributed by atoms with Crippen molar-refractivity contribution in [1.82, 2.24) is 0 Å². The van der Waals surface area contributed by atoms with E-state index in [1.807, 2.05) is 0 Å². The van der Waals surface area contributed by atoms with Crippen molar-refractivity contribution in [3.05, 3.63) is 0 Å². The van der Waals surface area contributed by atoms with Gasteiger partial charge >= 0.3 is 0 Å². The van der Waals surface area contributed by atoms with Crippen LogP contribution in [0.2, 0.25) is 0 Å². The van der Waals surface area contributed by atoms with E-state index < -0.39 is 0 Å². The van der Waals surface area contributed by atoms with Gasteiger partial charge in [-0.15, -0.1) is 0 Å². The minimum atomic E-state index is 0.457. The first-order valence-electron chi connectivity index (χ1n) is 5.48. The average molecular weight is 166 g/mol. The van der Waals surface area contributed by atoms with Gasteiger partial charge < -0.3 is 5.11 Å². The van der Waals surface area contributed by atoms with Gasteiger partial charge in [-0.05, 0) is 55.3 Å². The van der Waals surface area contributed by atoms with Gasteiger partial charge in [0.15, 0.2) is 0 Å². The minimum Gasteiger partial charge on any atom is -0.396 e. The van der Waals surface area contributed by atoms with Gasteiger partial charge in [0.05, 0.1) is 0 Å². The highest BCUT2D eigenvalue weighted by molar-refractivity contribution is 5.11. The predicted molar refractivity (Wildman–Crippen MR) is 47.7 cm³/mol. The van der Waals surface area contributed by atoms with Crippen LogP contribution >= 0.6 is 0 Å². The van der Waals surface area contributed by atoms with Gasteiger partial charge in [-0.1, -0.05) is 6.42 Å². The molecule has 4 atom stereocenters. The number of rotatable bonds is 1. The molecule has 1 N–H and O–H groups in total. The summed E-state index contributed by atoms with van der Waals surface area (Å²) in [5, 5.41) is 9.15. The van der Waals surface area contributed by atoms with Crippen LogP contribution in [0.25, 0.3) is 0 Å². The minimum absolute atomic E-state index is 0.457. The third-order valence-electron chi connectivity index (χ3n) is 5.02. The molecule has 3 aliphatic rings. The van der Waals surface area contributed by atoms with Crippen molar-refractivity contribution in [2.75, 3.05) is 6.61 Å². The number of aliphatic hydroxyl groups excluding tert-OH is 1. The molecule has 1 nitrogen and oxygen atoms in total. The molecule has 3 aliphatic carbocycles. The molecule has 0 saturated heterocycles. The second-order valence-corrected chi connectivity index (χ2v) is 5.15. The zero-order chi connectivity index (χ0) is 8.18. The van der Waals surface area contributed by atoms with E-state index in [4.69, 9.17) is 5.11 Å². The van der Waals surface area contributed by atoms with Gasteiger partial charge in [-0.3, -0.25) is 0 Å². The maximum absolute atomic E-state index is 9.15. The second kappa shape index (κ2) is 2.25. The molecule has 3 rings (SSSR count). The number of hydrogen-bond acceptors (Lipinski definition) is 1. The van der Waals surface area contributed by atoms with E-state index in [0.717, 1.165) is 17.3 Å². The van der Waals surface area contributed by atoms with Crippen molar-refractivity contribution in [3.8, 4) is 0 Å². The lowest BCUT2D eigenvalue weighted by Gasteiger charge is -2.52. The lowest BCUT2D eigenvalue weighted by atomic mass is 9.53. The Kier molecular flexibility index (Phi) is 1.39. The van der Waals surface area contributed by atoms with E-state index in [0.29, 0.717) is 12.5 Å². The summed E-state index contributed by atoms with van der Waals surface area (Å²) in [6, 6.07) is 0. The van der Waals surface area contributed by atoms with Crippen LogP contribution in [0.15, 0.2) is 0 Å². The molecule has 68 valence electrons. The summed E-state index contributed by atoms with van der Waals surface area (Å²) in [6.07, 6.45) is 8.71. The Morgan fingerprint density at radius 2 is 2.17 bits per heavy atom. The predicted octanol–water partition coefficient (Wildman–Crippen LogP) is 2.20. The van der Waals surface area contributed by atoms with E-state index in [1.165, 1.54) is 38.5 Å². The Balaban J connectivity index is 1.84. The molecule has 12 heavy (non-hydrogen) atoms. The maximum atomic E-state index is 9.15. The van der Waals surface area contributed by atoms with Crippen molar-refractivity contribution in [2.24, 2.45) is 23.2 Å². The smallest absolute Gasteiger partial charge is 0.0462 e. The first kappa shape index (κ1) is 7.37. The van der Waals surface area contributed by atoms with Crippen LogP contribution in [0.5, 0.6) is 0 Å². The highest BCUT2D eigenvalue weighted by Gasteiger charge is 2.61.